The maximum Gasteiger partial charge on any atom is 0.435 e. The van der Waals surface area contributed by atoms with E-state index >= 15 is 0 Å². The quantitative estimate of drug-likeness (QED) is 0.315. The lowest BCUT2D eigenvalue weighted by Gasteiger charge is -2.33. The fourth-order valence-electron chi connectivity index (χ4n) is 6.95. The van der Waals surface area contributed by atoms with Crippen molar-refractivity contribution in [2.45, 2.75) is 69.0 Å². The van der Waals surface area contributed by atoms with E-state index in [9.17, 15) is 31.2 Å². The summed E-state index contributed by atoms with van der Waals surface area (Å²) in [5, 5.41) is 10.3. The van der Waals surface area contributed by atoms with Crippen LogP contribution in [0, 0.1) is 0 Å². The molecule has 48 heavy (non-hydrogen) atoms. The Morgan fingerprint density at radius 2 is 1.79 bits per heavy atom. The maximum atomic E-state index is 13.1. The average molecular weight is 711 g/mol. The van der Waals surface area contributed by atoms with E-state index in [4.69, 9.17) is 11.6 Å². The molecule has 12 nitrogen and oxygen atoms in total. The van der Waals surface area contributed by atoms with Crippen LogP contribution in [-0.2, 0) is 32.8 Å². The number of anilines is 1. The minimum absolute atomic E-state index is 0.0347. The molecule has 260 valence electrons. The minimum atomic E-state index is -4.70. The van der Waals surface area contributed by atoms with Gasteiger partial charge in [0.2, 0.25) is 27.8 Å². The van der Waals surface area contributed by atoms with Crippen LogP contribution in [0.25, 0.3) is 10.9 Å². The first kappa shape index (κ1) is 34.5. The molecule has 5 heterocycles. The smallest absolute Gasteiger partial charge is 0.351 e. The van der Waals surface area contributed by atoms with Gasteiger partial charge < -0.3 is 10.2 Å². The van der Waals surface area contributed by atoms with Crippen LogP contribution in [0.1, 0.15) is 73.7 Å². The second kappa shape index (κ2) is 13.9. The third-order valence-electron chi connectivity index (χ3n) is 9.60. The lowest BCUT2D eigenvalue weighted by Crippen LogP contribution is -2.44. The number of aromatic nitrogens is 4. The van der Waals surface area contributed by atoms with E-state index in [0.29, 0.717) is 50.3 Å². The van der Waals surface area contributed by atoms with Crippen LogP contribution in [0.4, 0.5) is 19.1 Å². The van der Waals surface area contributed by atoms with Gasteiger partial charge in [0, 0.05) is 38.0 Å². The second-order valence-corrected chi connectivity index (χ2v) is 15.3. The van der Waals surface area contributed by atoms with Crippen molar-refractivity contribution >= 4 is 50.3 Å². The Balaban J connectivity index is 0.952. The summed E-state index contributed by atoms with van der Waals surface area (Å²) in [5.41, 5.74) is 1.65. The number of sulfonamides is 1. The second-order valence-electron chi connectivity index (χ2n) is 12.8. The summed E-state index contributed by atoms with van der Waals surface area (Å²) in [6, 6.07) is 6.02. The molecule has 2 N–H and O–H groups in total. The lowest BCUT2D eigenvalue weighted by molar-refractivity contribution is -0.141. The zero-order valence-electron chi connectivity index (χ0n) is 26.5. The molecule has 1 aromatic carbocycles. The number of nitrogens with zero attached hydrogens (tertiary/aromatic N) is 6. The number of benzene rings is 1. The van der Waals surface area contributed by atoms with Crippen molar-refractivity contribution in [1.82, 2.24) is 34.3 Å². The zero-order valence-corrected chi connectivity index (χ0v) is 28.0. The number of imide groups is 1. The zero-order chi connectivity index (χ0) is 34.2. The molecule has 3 fully saturated rings. The van der Waals surface area contributed by atoms with Crippen LogP contribution < -0.4 is 10.6 Å². The molecular weight excluding hydrogens is 673 g/mol. The summed E-state index contributed by atoms with van der Waals surface area (Å²) in [4.78, 5) is 33.7. The van der Waals surface area contributed by atoms with Gasteiger partial charge in [-0.15, -0.1) is 0 Å². The first-order chi connectivity index (χ1) is 22.8. The van der Waals surface area contributed by atoms with Gasteiger partial charge in [-0.05, 0) is 75.7 Å². The van der Waals surface area contributed by atoms with Crippen molar-refractivity contribution in [2.75, 3.05) is 43.8 Å². The number of aryl methyl sites for hydroxylation is 1. The number of hydrogen-bond donors (Lipinski definition) is 2. The van der Waals surface area contributed by atoms with E-state index in [1.807, 2.05) is 13.1 Å². The third kappa shape index (κ3) is 7.61. The van der Waals surface area contributed by atoms with E-state index in [1.54, 1.807) is 4.68 Å². The Morgan fingerprint density at radius 1 is 1.06 bits per heavy atom. The first-order valence-corrected chi connectivity index (χ1v) is 18.1. The highest BCUT2D eigenvalue weighted by Crippen LogP contribution is 2.35. The molecule has 6 rings (SSSR count). The molecule has 17 heteroatoms. The molecule has 0 saturated carbocycles. The number of hydrogen-bond acceptors (Lipinski definition) is 9. The molecule has 3 aliphatic heterocycles. The van der Waals surface area contributed by atoms with Crippen LogP contribution in [0.3, 0.4) is 0 Å². The van der Waals surface area contributed by atoms with Crippen LogP contribution in [0.2, 0.25) is 5.02 Å². The van der Waals surface area contributed by atoms with E-state index in [0.717, 1.165) is 43.0 Å². The summed E-state index contributed by atoms with van der Waals surface area (Å²) >= 11 is 5.60. The van der Waals surface area contributed by atoms with Gasteiger partial charge in [0.05, 0.1) is 34.1 Å². The number of likely N-dealkylation sites (tertiary alicyclic amines) is 1. The van der Waals surface area contributed by atoms with Gasteiger partial charge in [-0.3, -0.25) is 19.6 Å². The van der Waals surface area contributed by atoms with E-state index in [-0.39, 0.29) is 42.6 Å². The van der Waals surface area contributed by atoms with E-state index in [1.165, 1.54) is 9.87 Å². The highest BCUT2D eigenvalue weighted by atomic mass is 35.5. The number of halogens is 4. The highest BCUT2D eigenvalue weighted by molar-refractivity contribution is 7.89. The molecule has 3 saturated heterocycles. The Morgan fingerprint density at radius 3 is 2.48 bits per heavy atom. The van der Waals surface area contributed by atoms with Crippen molar-refractivity contribution < 1.29 is 31.2 Å². The largest absolute Gasteiger partial charge is 0.435 e. The summed E-state index contributed by atoms with van der Waals surface area (Å²) in [7, 11) is -1.61. The van der Waals surface area contributed by atoms with Crippen molar-refractivity contribution in [3.05, 3.63) is 46.4 Å². The minimum Gasteiger partial charge on any atom is -0.351 e. The number of nitrogens with one attached hydrogen (secondary N) is 2. The number of fused-ring (bicyclic) bond motifs is 1. The Bertz CT molecular complexity index is 1790. The molecule has 3 aliphatic rings. The summed E-state index contributed by atoms with van der Waals surface area (Å²) in [6.07, 6.45) is 0.190. The van der Waals surface area contributed by atoms with Crippen LogP contribution >= 0.6 is 11.6 Å². The van der Waals surface area contributed by atoms with Crippen LogP contribution in [0.5, 0.6) is 0 Å². The normalized spacial score (nSPS) is 21.1. The first-order valence-electron chi connectivity index (χ1n) is 16.1. The summed E-state index contributed by atoms with van der Waals surface area (Å²) in [5.74, 6) is -0.786. The van der Waals surface area contributed by atoms with Crippen LogP contribution in [-0.4, -0.2) is 93.7 Å². The monoisotopic (exact) mass is 710 g/mol. The third-order valence-corrected chi connectivity index (χ3v) is 11.8. The van der Waals surface area contributed by atoms with Gasteiger partial charge in [0.1, 0.15) is 0 Å². The Labute approximate surface area is 281 Å². The van der Waals surface area contributed by atoms with Crippen molar-refractivity contribution in [3.8, 4) is 0 Å². The van der Waals surface area contributed by atoms with Gasteiger partial charge in [-0.1, -0.05) is 23.7 Å². The molecule has 0 aliphatic carbocycles. The SMILES string of the molecule is Cn1nc(C2CCC(=O)NC2=O)c2ccc(C3CCN(CCCS(=O)(=O)N4CCC(Nc5ncc(Cl)c(C(F)(F)F)n5)CC4)CC3)cc21. The standard InChI is InChI=1S/C31H38ClF3N8O4S/c1-41-25-17-20(3-4-22(25)27(40-41)23-5-6-26(44)38-29(23)45)19-7-12-42(13-8-19)11-2-16-48(46,47)43-14-9-21(10-15-43)37-30-36-18-24(32)28(39-30)31(33,34)35/h3-4,17-19,21,23H,2,5-16H2,1H3,(H,36,37,39)(H,38,44,45). The predicted molar refractivity (Wildman–Crippen MR) is 173 cm³/mol. The van der Waals surface area contributed by atoms with Gasteiger partial charge in [0.25, 0.3) is 0 Å². The molecule has 1 atom stereocenters. The molecule has 0 bridgehead atoms. The summed E-state index contributed by atoms with van der Waals surface area (Å²) in [6.45, 7) is 2.92. The van der Waals surface area contributed by atoms with Crippen molar-refractivity contribution in [1.29, 1.82) is 0 Å². The Hall–Kier alpha value is -3.34. The van der Waals surface area contributed by atoms with Gasteiger partial charge in [0.15, 0.2) is 5.69 Å². The highest BCUT2D eigenvalue weighted by Gasteiger charge is 2.37. The number of carbonyl (C=O) groups is 2. The molecule has 2 aromatic heterocycles. The maximum absolute atomic E-state index is 13.1. The fraction of sp³-hybridized carbons (Fsp3) is 0.581. The number of rotatable bonds is 9. The lowest BCUT2D eigenvalue weighted by atomic mass is 9.88. The van der Waals surface area contributed by atoms with Gasteiger partial charge >= 0.3 is 6.18 Å². The Kier molecular flexibility index (Phi) is 9.98. The van der Waals surface area contributed by atoms with E-state index in [2.05, 4.69) is 42.7 Å². The molecule has 1 unspecified atom stereocenters. The number of carbonyl (C=O) groups excluding carboxylic acids is 2. The molecule has 3 aromatic rings. The molecular formula is C31H38ClF3N8O4S. The van der Waals surface area contributed by atoms with Crippen LogP contribution in [0.15, 0.2) is 24.4 Å². The number of alkyl halides is 3. The molecule has 2 amide bonds. The van der Waals surface area contributed by atoms with Gasteiger partial charge in [-0.2, -0.15) is 18.3 Å². The number of amides is 2. The molecule has 0 spiro atoms. The number of piperidine rings is 3. The topological polar surface area (TPSA) is 142 Å². The fourth-order valence-corrected chi connectivity index (χ4v) is 8.67. The summed E-state index contributed by atoms with van der Waals surface area (Å²) < 4.78 is 68.8. The predicted octanol–water partition coefficient (Wildman–Crippen LogP) is 4.03. The molecule has 0 radical (unpaired) electrons. The van der Waals surface area contributed by atoms with Crippen molar-refractivity contribution in [3.63, 3.8) is 0 Å². The average Bonchev–Trinajstić information content (AvgIpc) is 3.37. The van der Waals surface area contributed by atoms with Gasteiger partial charge in [-0.25, -0.2) is 22.7 Å². The van der Waals surface area contributed by atoms with E-state index < -0.39 is 32.8 Å². The van der Waals surface area contributed by atoms with Crippen molar-refractivity contribution in [2.24, 2.45) is 7.05 Å².